The fourth-order valence-corrected chi connectivity index (χ4v) is 1.76. The lowest BCUT2D eigenvalue weighted by Gasteiger charge is -2.22. The van der Waals surface area contributed by atoms with Crippen LogP contribution in [0.3, 0.4) is 0 Å². The van der Waals surface area contributed by atoms with Gasteiger partial charge in [0.05, 0.1) is 7.11 Å². The summed E-state index contributed by atoms with van der Waals surface area (Å²) in [5.41, 5.74) is 0.597. The molecule has 0 aromatic heterocycles. The Morgan fingerprint density at radius 1 is 1.30 bits per heavy atom. The van der Waals surface area contributed by atoms with Crippen molar-refractivity contribution in [3.05, 3.63) is 29.3 Å². The van der Waals surface area contributed by atoms with Crippen molar-refractivity contribution in [2.45, 2.75) is 26.3 Å². The number of hydrogen-bond donors (Lipinski definition) is 2. The zero-order valence-electron chi connectivity index (χ0n) is 11.8. The molecule has 1 aromatic rings. The first-order valence-electron chi connectivity index (χ1n) is 6.38. The normalized spacial score (nSPS) is 13.2. The largest absolute Gasteiger partial charge is 0.467 e. The number of methoxy groups -OCH3 is 1. The van der Waals surface area contributed by atoms with Crippen LogP contribution >= 0.6 is 11.6 Å². The summed E-state index contributed by atoms with van der Waals surface area (Å²) in [6.45, 7) is 3.82. The molecule has 1 aromatic carbocycles. The second-order valence-corrected chi connectivity index (χ2v) is 4.93. The van der Waals surface area contributed by atoms with Gasteiger partial charge in [-0.2, -0.15) is 0 Å². The lowest BCUT2D eigenvalue weighted by Crippen LogP contribution is -2.47. The number of benzene rings is 1. The SMILES string of the molecule is CC[C@@H](C)[C@@H](NC(=O)Nc1ccc(Cl)cc1)C(=O)OC. The summed E-state index contributed by atoms with van der Waals surface area (Å²) < 4.78 is 4.70. The van der Waals surface area contributed by atoms with E-state index in [0.717, 1.165) is 6.42 Å². The molecule has 5 nitrogen and oxygen atoms in total. The summed E-state index contributed by atoms with van der Waals surface area (Å²) in [6, 6.07) is 5.57. The summed E-state index contributed by atoms with van der Waals surface area (Å²) in [6.07, 6.45) is 0.751. The highest BCUT2D eigenvalue weighted by Crippen LogP contribution is 2.14. The first kappa shape index (κ1) is 16.3. The maximum absolute atomic E-state index is 11.9. The van der Waals surface area contributed by atoms with Crippen molar-refractivity contribution >= 4 is 29.3 Å². The molecule has 0 bridgehead atoms. The minimum Gasteiger partial charge on any atom is -0.467 e. The quantitative estimate of drug-likeness (QED) is 0.821. The number of amides is 2. The molecule has 110 valence electrons. The smallest absolute Gasteiger partial charge is 0.328 e. The van der Waals surface area contributed by atoms with Crippen LogP contribution in [-0.4, -0.2) is 25.2 Å². The van der Waals surface area contributed by atoms with Crippen LogP contribution in [0, 0.1) is 5.92 Å². The highest BCUT2D eigenvalue weighted by Gasteiger charge is 2.26. The molecule has 0 radical (unpaired) electrons. The molecule has 0 aliphatic heterocycles. The molecular weight excluding hydrogens is 280 g/mol. The molecule has 0 fully saturated rings. The molecule has 1 rings (SSSR count). The van der Waals surface area contributed by atoms with Crippen LogP contribution in [0.4, 0.5) is 10.5 Å². The summed E-state index contributed by atoms with van der Waals surface area (Å²) in [5.74, 6) is -0.468. The van der Waals surface area contributed by atoms with E-state index in [-0.39, 0.29) is 5.92 Å². The molecule has 0 heterocycles. The number of anilines is 1. The molecule has 0 saturated carbocycles. The molecule has 20 heavy (non-hydrogen) atoms. The third kappa shape index (κ3) is 4.74. The van der Waals surface area contributed by atoms with Gasteiger partial charge in [-0.25, -0.2) is 9.59 Å². The predicted octanol–water partition coefficient (Wildman–Crippen LogP) is 3.05. The van der Waals surface area contributed by atoms with E-state index < -0.39 is 18.0 Å². The summed E-state index contributed by atoms with van der Waals surface area (Å²) in [7, 11) is 1.30. The van der Waals surface area contributed by atoms with Gasteiger partial charge in [-0.3, -0.25) is 0 Å². The maximum Gasteiger partial charge on any atom is 0.328 e. The van der Waals surface area contributed by atoms with Gasteiger partial charge in [-0.15, -0.1) is 0 Å². The highest BCUT2D eigenvalue weighted by molar-refractivity contribution is 6.30. The maximum atomic E-state index is 11.9. The number of carbonyl (C=O) groups is 2. The van der Waals surface area contributed by atoms with E-state index in [1.165, 1.54) is 7.11 Å². The second kappa shape index (κ2) is 7.75. The lowest BCUT2D eigenvalue weighted by molar-refractivity contribution is -0.144. The van der Waals surface area contributed by atoms with E-state index in [1.807, 2.05) is 13.8 Å². The van der Waals surface area contributed by atoms with E-state index in [9.17, 15) is 9.59 Å². The first-order valence-corrected chi connectivity index (χ1v) is 6.76. The lowest BCUT2D eigenvalue weighted by atomic mass is 9.99. The fourth-order valence-electron chi connectivity index (χ4n) is 1.64. The Balaban J connectivity index is 2.66. The molecule has 2 N–H and O–H groups in total. The second-order valence-electron chi connectivity index (χ2n) is 4.49. The summed E-state index contributed by atoms with van der Waals surface area (Å²) >= 11 is 5.76. The van der Waals surface area contributed by atoms with Gasteiger partial charge < -0.3 is 15.4 Å². The van der Waals surface area contributed by atoms with Crippen LogP contribution in [0.25, 0.3) is 0 Å². The molecule has 0 unspecified atom stereocenters. The zero-order chi connectivity index (χ0) is 15.1. The fraction of sp³-hybridized carbons (Fsp3) is 0.429. The Morgan fingerprint density at radius 2 is 1.90 bits per heavy atom. The number of urea groups is 1. The third-order valence-electron chi connectivity index (χ3n) is 3.06. The molecule has 0 aliphatic carbocycles. The summed E-state index contributed by atoms with van der Waals surface area (Å²) in [4.78, 5) is 23.5. The van der Waals surface area contributed by atoms with E-state index in [4.69, 9.17) is 16.3 Å². The minimum absolute atomic E-state index is 0.0154. The Kier molecular flexibility index (Phi) is 6.31. The molecule has 0 saturated heterocycles. The number of hydrogen-bond acceptors (Lipinski definition) is 3. The Labute approximate surface area is 123 Å². The van der Waals surface area contributed by atoms with Crippen molar-refractivity contribution in [2.75, 3.05) is 12.4 Å². The van der Waals surface area contributed by atoms with Crippen LogP contribution < -0.4 is 10.6 Å². The Bertz CT molecular complexity index is 462. The van der Waals surface area contributed by atoms with Crippen molar-refractivity contribution in [3.8, 4) is 0 Å². The van der Waals surface area contributed by atoms with Crippen LogP contribution in [0.15, 0.2) is 24.3 Å². The van der Waals surface area contributed by atoms with Crippen LogP contribution in [0.5, 0.6) is 0 Å². The average Bonchev–Trinajstić information content (AvgIpc) is 2.45. The van der Waals surface area contributed by atoms with E-state index in [2.05, 4.69) is 10.6 Å². The van der Waals surface area contributed by atoms with E-state index in [1.54, 1.807) is 24.3 Å². The molecule has 0 aliphatic rings. The third-order valence-corrected chi connectivity index (χ3v) is 3.31. The number of ether oxygens (including phenoxy) is 1. The van der Waals surface area contributed by atoms with Crippen molar-refractivity contribution in [2.24, 2.45) is 5.92 Å². The zero-order valence-corrected chi connectivity index (χ0v) is 12.5. The van der Waals surface area contributed by atoms with Crippen molar-refractivity contribution in [1.82, 2.24) is 5.32 Å². The highest BCUT2D eigenvalue weighted by atomic mass is 35.5. The van der Waals surface area contributed by atoms with Gasteiger partial charge >= 0.3 is 12.0 Å². The number of rotatable bonds is 5. The molecule has 6 heteroatoms. The van der Waals surface area contributed by atoms with Crippen molar-refractivity contribution < 1.29 is 14.3 Å². The van der Waals surface area contributed by atoms with Gasteiger partial charge in [0.25, 0.3) is 0 Å². The number of esters is 1. The molecular formula is C14H19ClN2O3. The monoisotopic (exact) mass is 298 g/mol. The number of nitrogens with one attached hydrogen (secondary N) is 2. The van der Waals surface area contributed by atoms with E-state index >= 15 is 0 Å². The Hall–Kier alpha value is -1.75. The molecule has 0 spiro atoms. The van der Waals surface area contributed by atoms with E-state index in [0.29, 0.717) is 10.7 Å². The van der Waals surface area contributed by atoms with Crippen molar-refractivity contribution in [1.29, 1.82) is 0 Å². The summed E-state index contributed by atoms with van der Waals surface area (Å²) in [5, 5.41) is 5.85. The average molecular weight is 299 g/mol. The van der Waals surface area contributed by atoms with Gasteiger partial charge in [0.1, 0.15) is 6.04 Å². The van der Waals surface area contributed by atoms with Crippen LogP contribution in [0.2, 0.25) is 5.02 Å². The van der Waals surface area contributed by atoms with Gasteiger partial charge in [-0.05, 0) is 30.2 Å². The Morgan fingerprint density at radius 3 is 2.40 bits per heavy atom. The van der Waals surface area contributed by atoms with Gasteiger partial charge in [-0.1, -0.05) is 31.9 Å². The number of carbonyl (C=O) groups excluding carboxylic acids is 2. The van der Waals surface area contributed by atoms with Crippen LogP contribution in [-0.2, 0) is 9.53 Å². The van der Waals surface area contributed by atoms with Crippen molar-refractivity contribution in [3.63, 3.8) is 0 Å². The van der Waals surface area contributed by atoms with Gasteiger partial charge in [0, 0.05) is 10.7 Å². The molecule has 2 atom stereocenters. The first-order chi connectivity index (χ1) is 9.47. The number of halogens is 1. The predicted molar refractivity (Wildman–Crippen MR) is 78.9 cm³/mol. The minimum atomic E-state index is -0.669. The standard InChI is InChI=1S/C14H19ClN2O3/c1-4-9(2)12(13(18)20-3)17-14(19)16-11-7-5-10(15)6-8-11/h5-9,12H,4H2,1-3H3,(H2,16,17,19)/t9-,12-/m1/s1. The topological polar surface area (TPSA) is 67.4 Å². The van der Waals surface area contributed by atoms with Gasteiger partial charge in [0.15, 0.2) is 0 Å². The molecule has 2 amide bonds. The van der Waals surface area contributed by atoms with Gasteiger partial charge in [0.2, 0.25) is 0 Å². The van der Waals surface area contributed by atoms with Crippen LogP contribution in [0.1, 0.15) is 20.3 Å².